The van der Waals surface area contributed by atoms with Gasteiger partial charge in [-0.15, -0.1) is 0 Å². The van der Waals surface area contributed by atoms with Gasteiger partial charge in [0.1, 0.15) is 5.75 Å². The summed E-state index contributed by atoms with van der Waals surface area (Å²) in [6.45, 7) is 4.71. The lowest BCUT2D eigenvalue weighted by molar-refractivity contribution is -0.121. The second-order valence-electron chi connectivity index (χ2n) is 5.72. The number of hydrogen-bond donors (Lipinski definition) is 1. The maximum Gasteiger partial charge on any atom is 0.220 e. The summed E-state index contributed by atoms with van der Waals surface area (Å²) in [5, 5.41) is 7.38. The van der Waals surface area contributed by atoms with E-state index in [0.717, 1.165) is 29.1 Å². The first kappa shape index (κ1) is 17.1. The summed E-state index contributed by atoms with van der Waals surface area (Å²) < 4.78 is 7.08. The normalized spacial score (nSPS) is 10.6. The fraction of sp³-hybridized carbons (Fsp3) is 0.444. The van der Waals surface area contributed by atoms with Crippen molar-refractivity contribution in [1.82, 2.24) is 15.1 Å². The molecule has 0 aliphatic carbocycles. The molecule has 1 heterocycles. The van der Waals surface area contributed by atoms with Crippen LogP contribution < -0.4 is 10.1 Å². The lowest BCUT2D eigenvalue weighted by Gasteiger charge is -2.07. The fourth-order valence-electron chi connectivity index (χ4n) is 2.68. The van der Waals surface area contributed by atoms with Gasteiger partial charge in [-0.1, -0.05) is 12.1 Å². The van der Waals surface area contributed by atoms with Gasteiger partial charge in [-0.05, 0) is 49.9 Å². The second kappa shape index (κ2) is 7.81. The minimum atomic E-state index is 0.0759. The van der Waals surface area contributed by atoms with Crippen molar-refractivity contribution < 1.29 is 9.53 Å². The van der Waals surface area contributed by atoms with Gasteiger partial charge in [0.2, 0.25) is 5.91 Å². The molecule has 0 saturated heterocycles. The van der Waals surface area contributed by atoms with Crippen LogP contribution in [0.1, 0.15) is 28.9 Å². The highest BCUT2D eigenvalue weighted by Gasteiger charge is 2.09. The molecular formula is C18H25N3O2. The number of aromatic nitrogens is 2. The van der Waals surface area contributed by atoms with E-state index in [1.54, 1.807) is 7.11 Å². The van der Waals surface area contributed by atoms with Crippen LogP contribution in [0.15, 0.2) is 24.3 Å². The van der Waals surface area contributed by atoms with Gasteiger partial charge in [-0.25, -0.2) is 0 Å². The SMILES string of the molecule is COc1cccc(CCC(=O)NCCc2c(C)nn(C)c2C)c1. The van der Waals surface area contributed by atoms with Crippen molar-refractivity contribution in [1.29, 1.82) is 0 Å². The Morgan fingerprint density at radius 3 is 2.74 bits per heavy atom. The van der Waals surface area contributed by atoms with Gasteiger partial charge >= 0.3 is 0 Å². The summed E-state index contributed by atoms with van der Waals surface area (Å²) >= 11 is 0. The summed E-state index contributed by atoms with van der Waals surface area (Å²) in [4.78, 5) is 12.0. The number of rotatable bonds is 7. The largest absolute Gasteiger partial charge is 0.497 e. The van der Waals surface area contributed by atoms with E-state index in [9.17, 15) is 4.79 Å². The molecule has 0 fully saturated rings. The van der Waals surface area contributed by atoms with Gasteiger partial charge in [0.05, 0.1) is 12.8 Å². The number of methoxy groups -OCH3 is 1. The number of nitrogens with zero attached hydrogens (tertiary/aromatic N) is 2. The van der Waals surface area contributed by atoms with Crippen LogP contribution in [0, 0.1) is 13.8 Å². The maximum absolute atomic E-state index is 12.0. The Balaban J connectivity index is 1.77. The summed E-state index contributed by atoms with van der Waals surface area (Å²) in [6, 6.07) is 7.83. The van der Waals surface area contributed by atoms with E-state index in [-0.39, 0.29) is 5.91 Å². The molecule has 0 unspecified atom stereocenters. The number of amides is 1. The molecule has 1 N–H and O–H groups in total. The molecule has 0 bridgehead atoms. The first-order valence-corrected chi connectivity index (χ1v) is 7.90. The molecule has 0 aliphatic heterocycles. The number of benzene rings is 1. The van der Waals surface area contributed by atoms with Gasteiger partial charge in [0.15, 0.2) is 0 Å². The summed E-state index contributed by atoms with van der Waals surface area (Å²) in [5.74, 6) is 0.900. The molecule has 0 radical (unpaired) electrons. The predicted octanol–water partition coefficient (Wildman–Crippen LogP) is 2.34. The Kier molecular flexibility index (Phi) is 5.79. The van der Waals surface area contributed by atoms with Crippen molar-refractivity contribution in [3.05, 3.63) is 46.8 Å². The third kappa shape index (κ3) is 4.58. The van der Waals surface area contributed by atoms with Gasteiger partial charge in [0, 0.05) is 25.7 Å². The van der Waals surface area contributed by atoms with E-state index in [1.807, 2.05) is 42.9 Å². The number of aryl methyl sites for hydroxylation is 3. The van der Waals surface area contributed by atoms with E-state index in [1.165, 1.54) is 5.56 Å². The van der Waals surface area contributed by atoms with Crippen molar-refractivity contribution in [3.8, 4) is 5.75 Å². The number of ether oxygens (including phenoxy) is 1. The van der Waals surface area contributed by atoms with Crippen molar-refractivity contribution in [2.24, 2.45) is 7.05 Å². The average Bonchev–Trinajstić information content (AvgIpc) is 2.79. The second-order valence-corrected chi connectivity index (χ2v) is 5.72. The molecule has 0 aliphatic rings. The quantitative estimate of drug-likeness (QED) is 0.853. The van der Waals surface area contributed by atoms with Crippen LogP contribution in [0.4, 0.5) is 0 Å². The molecule has 2 aromatic rings. The third-order valence-electron chi connectivity index (χ3n) is 4.13. The summed E-state index contributed by atoms with van der Waals surface area (Å²) in [5.41, 5.74) is 4.53. The number of carbonyl (C=O) groups is 1. The first-order valence-electron chi connectivity index (χ1n) is 7.90. The van der Waals surface area contributed by atoms with E-state index in [0.29, 0.717) is 19.4 Å². The Hall–Kier alpha value is -2.30. The Bertz CT molecular complexity index is 677. The highest BCUT2D eigenvalue weighted by molar-refractivity contribution is 5.76. The van der Waals surface area contributed by atoms with Crippen LogP contribution in [0.3, 0.4) is 0 Å². The number of nitrogens with one attached hydrogen (secondary N) is 1. The molecule has 0 spiro atoms. The van der Waals surface area contributed by atoms with Gasteiger partial charge in [-0.2, -0.15) is 5.10 Å². The molecule has 23 heavy (non-hydrogen) atoms. The lowest BCUT2D eigenvalue weighted by atomic mass is 10.1. The molecule has 1 amide bonds. The topological polar surface area (TPSA) is 56.1 Å². The highest BCUT2D eigenvalue weighted by Crippen LogP contribution is 2.14. The standard InChI is InChI=1S/C18H25N3O2/c1-13-17(14(2)21(3)20-13)10-11-19-18(22)9-8-15-6-5-7-16(12-15)23-4/h5-7,12H,8-11H2,1-4H3,(H,19,22). The zero-order valence-corrected chi connectivity index (χ0v) is 14.3. The van der Waals surface area contributed by atoms with Crippen molar-refractivity contribution in [2.45, 2.75) is 33.1 Å². The van der Waals surface area contributed by atoms with Crippen molar-refractivity contribution in [3.63, 3.8) is 0 Å². The summed E-state index contributed by atoms with van der Waals surface area (Å²) in [6.07, 6.45) is 2.02. The van der Waals surface area contributed by atoms with E-state index in [4.69, 9.17) is 4.74 Å². The minimum absolute atomic E-state index is 0.0759. The van der Waals surface area contributed by atoms with Crippen LogP contribution >= 0.6 is 0 Å². The van der Waals surface area contributed by atoms with Crippen LogP contribution in [0.25, 0.3) is 0 Å². The lowest BCUT2D eigenvalue weighted by Crippen LogP contribution is -2.26. The molecule has 1 aromatic heterocycles. The molecule has 1 aromatic carbocycles. The number of carbonyl (C=O) groups excluding carboxylic acids is 1. The molecule has 124 valence electrons. The Morgan fingerprint density at radius 1 is 1.30 bits per heavy atom. The fourth-order valence-corrected chi connectivity index (χ4v) is 2.68. The van der Waals surface area contributed by atoms with Crippen LogP contribution in [0.2, 0.25) is 0 Å². The Morgan fingerprint density at radius 2 is 2.09 bits per heavy atom. The molecule has 2 rings (SSSR count). The molecule has 0 saturated carbocycles. The maximum atomic E-state index is 12.0. The van der Waals surface area contributed by atoms with Crippen LogP contribution in [0.5, 0.6) is 5.75 Å². The Labute approximate surface area is 137 Å². The minimum Gasteiger partial charge on any atom is -0.497 e. The van der Waals surface area contributed by atoms with Gasteiger partial charge < -0.3 is 10.1 Å². The number of hydrogen-bond acceptors (Lipinski definition) is 3. The van der Waals surface area contributed by atoms with E-state index < -0.39 is 0 Å². The van der Waals surface area contributed by atoms with Crippen LogP contribution in [-0.2, 0) is 24.7 Å². The molecular weight excluding hydrogens is 290 g/mol. The third-order valence-corrected chi connectivity index (χ3v) is 4.13. The van der Waals surface area contributed by atoms with Crippen LogP contribution in [-0.4, -0.2) is 29.3 Å². The van der Waals surface area contributed by atoms with Crippen molar-refractivity contribution >= 4 is 5.91 Å². The molecule has 5 nitrogen and oxygen atoms in total. The molecule has 0 atom stereocenters. The van der Waals surface area contributed by atoms with Gasteiger partial charge in [0.25, 0.3) is 0 Å². The first-order chi connectivity index (χ1) is 11.0. The average molecular weight is 315 g/mol. The summed E-state index contributed by atoms with van der Waals surface area (Å²) in [7, 11) is 3.59. The zero-order valence-electron chi connectivity index (χ0n) is 14.3. The monoisotopic (exact) mass is 315 g/mol. The van der Waals surface area contributed by atoms with E-state index in [2.05, 4.69) is 17.3 Å². The highest BCUT2D eigenvalue weighted by atomic mass is 16.5. The van der Waals surface area contributed by atoms with E-state index >= 15 is 0 Å². The zero-order chi connectivity index (χ0) is 16.8. The smallest absolute Gasteiger partial charge is 0.220 e. The van der Waals surface area contributed by atoms with Gasteiger partial charge in [-0.3, -0.25) is 9.48 Å². The predicted molar refractivity (Wildman–Crippen MR) is 90.7 cm³/mol. The van der Waals surface area contributed by atoms with Crippen molar-refractivity contribution in [2.75, 3.05) is 13.7 Å². The molecule has 5 heteroatoms.